The summed E-state index contributed by atoms with van der Waals surface area (Å²) in [5.41, 5.74) is 16.0. The van der Waals surface area contributed by atoms with E-state index in [-0.39, 0.29) is 81.9 Å². The smallest absolute Gasteiger partial charge is 0.405 e. The summed E-state index contributed by atoms with van der Waals surface area (Å²) in [7, 11) is 3.50. The standard InChI is InChI=1S/C45H53N15O16S2/c1-17-29(33(65)28-31(32(17)64)60-15-24-34(54-24)45(60,75-2)35(28)76-44(48)74)49-9-10-77-78-16-25(42(72)73)57-39(68)23(11-27(62)63)56-38(67)21(46)14-51-26(61)8-7-22(41(70)71)55-37(66)18-3-5-19(6-4-18)50-12-20-13-52-36-30(53-20)40(69)59-43(47)58-36/h3-6,13,21-25,34-35,49-50,54H,7-12,14-16,46H2,1-2H3,(H2,48,74)(H,51,61)(H,55,66)(H,56,67)(H,57,68)(H,62,63)(H,70,71)(H,72,73)(H3,47,52,58,59,69)/t21-,22+,23-,24?,25-,34-,35?,45-/m0/s1. The van der Waals surface area contributed by atoms with Gasteiger partial charge in [0.25, 0.3) is 11.5 Å². The molecule has 3 aromatic rings. The van der Waals surface area contributed by atoms with Crippen LogP contribution in [0.5, 0.6) is 0 Å². The molecular formula is C45H53N15O16S2. The SMILES string of the molecule is CO[C@@]12C(OC(N)=O)C3=C(C(=O)C(C)=C(NCCSSC[C@H](NC(=O)[C@H](CC(=O)O)NC(=O)[C@@H](N)CNC(=O)CC[C@@H](NC(=O)c4ccc(NCc5cnc6nc(N)[nH]c(=O)c6n5)cc4)C(=O)O)C(=O)O)C3=O)N1CC1N[C@@H]12. The molecule has 2 aromatic heterocycles. The Morgan fingerprint density at radius 3 is 2.29 bits per heavy atom. The second kappa shape index (κ2) is 24.3. The number of aromatic nitrogens is 4. The van der Waals surface area contributed by atoms with Gasteiger partial charge in [-0.3, -0.25) is 43.3 Å². The van der Waals surface area contributed by atoms with Crippen LogP contribution in [-0.4, -0.2) is 186 Å². The summed E-state index contributed by atoms with van der Waals surface area (Å²) in [6, 6.07) is -1.02. The molecule has 4 aliphatic rings. The van der Waals surface area contributed by atoms with E-state index >= 15 is 0 Å². The van der Waals surface area contributed by atoms with Crippen molar-refractivity contribution >= 4 is 104 Å². The van der Waals surface area contributed by atoms with E-state index in [9.17, 15) is 68.1 Å². The van der Waals surface area contributed by atoms with Gasteiger partial charge in [0.2, 0.25) is 35.2 Å². The number of nitrogens with one attached hydrogen (secondary N) is 8. The first-order chi connectivity index (χ1) is 37.0. The van der Waals surface area contributed by atoms with Crippen molar-refractivity contribution in [2.75, 3.05) is 49.3 Å². The minimum atomic E-state index is -1.82. The highest BCUT2D eigenvalue weighted by Gasteiger charge is 2.74. The molecule has 2 saturated heterocycles. The number of H-pyrrole nitrogens is 1. The number of rotatable bonds is 27. The number of hydrogen-bond acceptors (Lipinski definition) is 24. The molecule has 3 aliphatic heterocycles. The zero-order chi connectivity index (χ0) is 56.7. The number of nitrogen functional groups attached to an aromatic ring is 1. The number of fused-ring (bicyclic) bond motifs is 5. The van der Waals surface area contributed by atoms with Crippen LogP contribution >= 0.6 is 21.6 Å². The van der Waals surface area contributed by atoms with E-state index in [4.69, 9.17) is 26.7 Å². The Morgan fingerprint density at radius 1 is 0.923 bits per heavy atom. The van der Waals surface area contributed by atoms with Crippen LogP contribution in [-0.2, 0) is 54.4 Å². The molecular weight excluding hydrogens is 1070 g/mol. The van der Waals surface area contributed by atoms with Crippen LogP contribution in [0.4, 0.5) is 16.4 Å². The average molecular weight is 1120 g/mol. The highest BCUT2D eigenvalue weighted by molar-refractivity contribution is 8.76. The van der Waals surface area contributed by atoms with Gasteiger partial charge in [-0.15, -0.1) is 0 Å². The number of Topliss-reactive ketones (excluding diaryl/α,β-unsaturated/α-hetero) is 2. The normalized spacial score (nSPS) is 20.6. The van der Waals surface area contributed by atoms with Crippen LogP contribution in [0.2, 0.25) is 0 Å². The topological polar surface area (TPSA) is 497 Å². The number of carboxylic acid groups (broad SMARTS) is 3. The molecule has 2 unspecified atom stereocenters. The van der Waals surface area contributed by atoms with Crippen LogP contribution in [0.3, 0.4) is 0 Å². The van der Waals surface area contributed by atoms with Crippen LogP contribution in [0.25, 0.3) is 11.2 Å². The number of allylic oxidation sites excluding steroid dienone is 2. The van der Waals surface area contributed by atoms with Crippen LogP contribution in [0, 0.1) is 0 Å². The first-order valence-corrected chi connectivity index (χ1v) is 26.1. The molecule has 0 radical (unpaired) electrons. The van der Waals surface area contributed by atoms with E-state index in [1.807, 2.05) is 0 Å². The average Bonchev–Trinajstić information content (AvgIpc) is 2.75. The Bertz CT molecular complexity index is 3090. The number of amides is 5. The molecule has 0 saturated carbocycles. The van der Waals surface area contributed by atoms with Gasteiger partial charge in [0, 0.05) is 67.5 Å². The number of hydrogen-bond donors (Lipinski definition) is 14. The van der Waals surface area contributed by atoms with Crippen molar-refractivity contribution in [3.05, 3.63) is 74.6 Å². The van der Waals surface area contributed by atoms with Gasteiger partial charge in [0.1, 0.15) is 24.2 Å². The van der Waals surface area contributed by atoms with Crippen molar-refractivity contribution in [3.8, 4) is 0 Å². The number of anilines is 2. The van der Waals surface area contributed by atoms with Crippen molar-refractivity contribution in [1.82, 2.24) is 56.7 Å². The highest BCUT2D eigenvalue weighted by Crippen LogP contribution is 2.53. The number of carbonyl (C=O) groups excluding carboxylic acids is 7. The lowest BCUT2D eigenvalue weighted by Crippen LogP contribution is -2.58. The molecule has 8 atom stereocenters. The Hall–Kier alpha value is -8.40. The summed E-state index contributed by atoms with van der Waals surface area (Å²) in [4.78, 5) is 156. The third-order valence-corrected chi connectivity index (χ3v) is 15.1. The fraction of sp³-hybridized carbons (Fsp3) is 0.422. The van der Waals surface area contributed by atoms with Crippen molar-refractivity contribution in [1.29, 1.82) is 0 Å². The molecule has 2 fully saturated rings. The van der Waals surface area contributed by atoms with E-state index in [0.29, 0.717) is 17.9 Å². The molecule has 416 valence electrons. The number of aromatic amines is 1. The molecule has 17 N–H and O–H groups in total. The third kappa shape index (κ3) is 12.7. The van der Waals surface area contributed by atoms with Crippen LogP contribution in [0.15, 0.2) is 57.8 Å². The van der Waals surface area contributed by atoms with Crippen LogP contribution in [0.1, 0.15) is 42.2 Å². The maximum atomic E-state index is 13.9. The number of aliphatic carboxylic acids is 3. The molecule has 31 nitrogen and oxygen atoms in total. The Kier molecular flexibility index (Phi) is 17.8. The summed E-state index contributed by atoms with van der Waals surface area (Å²) in [5, 5.41) is 47.3. The zero-order valence-electron chi connectivity index (χ0n) is 41.3. The van der Waals surface area contributed by atoms with Gasteiger partial charge < -0.3 is 84.1 Å². The van der Waals surface area contributed by atoms with Gasteiger partial charge in [-0.25, -0.2) is 24.4 Å². The molecule has 1 aliphatic carbocycles. The van der Waals surface area contributed by atoms with Gasteiger partial charge in [0.05, 0.1) is 47.9 Å². The van der Waals surface area contributed by atoms with Crippen molar-refractivity contribution in [2.45, 2.75) is 80.8 Å². The molecule has 0 bridgehead atoms. The predicted molar refractivity (Wildman–Crippen MR) is 273 cm³/mol. The van der Waals surface area contributed by atoms with E-state index in [1.54, 1.807) is 4.90 Å². The maximum Gasteiger partial charge on any atom is 0.405 e. The number of primary amides is 1. The van der Waals surface area contributed by atoms with Gasteiger partial charge in [0.15, 0.2) is 23.0 Å². The molecule has 1 aromatic carbocycles. The first kappa shape index (κ1) is 57.3. The molecule has 33 heteroatoms. The van der Waals surface area contributed by atoms with Crippen molar-refractivity contribution in [2.24, 2.45) is 11.5 Å². The number of benzene rings is 1. The Balaban J connectivity index is 0.820. The van der Waals surface area contributed by atoms with E-state index in [0.717, 1.165) is 21.6 Å². The number of methoxy groups -OCH3 is 1. The molecule has 0 spiro atoms. The number of carbonyl (C=O) groups is 10. The highest BCUT2D eigenvalue weighted by atomic mass is 33.1. The van der Waals surface area contributed by atoms with Crippen LogP contribution < -0.4 is 60.0 Å². The lowest BCUT2D eigenvalue weighted by molar-refractivity contribution is -0.151. The minimum Gasteiger partial charge on any atom is -0.481 e. The van der Waals surface area contributed by atoms with E-state index < -0.39 is 127 Å². The number of ketones is 2. The summed E-state index contributed by atoms with van der Waals surface area (Å²) >= 11 is 0. The fourth-order valence-corrected chi connectivity index (χ4v) is 10.9. The number of ether oxygens (including phenoxy) is 2. The molecule has 78 heavy (non-hydrogen) atoms. The summed E-state index contributed by atoms with van der Waals surface area (Å²) in [5.74, 6) is -9.55. The molecule has 5 amide bonds. The summed E-state index contributed by atoms with van der Waals surface area (Å²) in [6.45, 7) is 1.45. The Labute approximate surface area is 447 Å². The van der Waals surface area contributed by atoms with Gasteiger partial charge in [-0.2, -0.15) is 4.98 Å². The second-order valence-corrected chi connectivity index (χ2v) is 20.5. The number of carboxylic acids is 3. The summed E-state index contributed by atoms with van der Waals surface area (Å²) in [6.07, 6.45) is -2.92. The zero-order valence-corrected chi connectivity index (χ0v) is 42.9. The molecule has 5 heterocycles. The van der Waals surface area contributed by atoms with E-state index in [2.05, 4.69) is 57.2 Å². The Morgan fingerprint density at radius 2 is 1.63 bits per heavy atom. The summed E-state index contributed by atoms with van der Waals surface area (Å²) < 4.78 is 11.3. The second-order valence-electron chi connectivity index (χ2n) is 17.9. The van der Waals surface area contributed by atoms with Gasteiger partial charge in [-0.05, 0) is 37.6 Å². The largest absolute Gasteiger partial charge is 0.481 e. The monoisotopic (exact) mass is 1120 g/mol. The van der Waals surface area contributed by atoms with Crippen molar-refractivity contribution in [3.63, 3.8) is 0 Å². The lowest BCUT2D eigenvalue weighted by Gasteiger charge is -2.38. The molecule has 7 rings (SSSR count). The number of piperazine rings is 1. The lowest BCUT2D eigenvalue weighted by atomic mass is 9.88. The number of nitrogens with two attached hydrogens (primary N) is 3. The van der Waals surface area contributed by atoms with Gasteiger partial charge >= 0.3 is 24.0 Å². The predicted octanol–water partition coefficient (Wildman–Crippen LogP) is -4.03. The maximum absolute atomic E-state index is 13.9. The van der Waals surface area contributed by atoms with E-state index in [1.165, 1.54) is 44.5 Å². The third-order valence-electron chi connectivity index (χ3n) is 12.7. The van der Waals surface area contributed by atoms with Crippen molar-refractivity contribution < 1.29 is 72.7 Å². The first-order valence-electron chi connectivity index (χ1n) is 23.6. The fourth-order valence-electron chi connectivity index (χ4n) is 8.85. The number of nitrogens with zero attached hydrogens (tertiary/aromatic N) is 4. The minimum absolute atomic E-state index is 0.00973. The van der Waals surface area contributed by atoms with Gasteiger partial charge in [-0.1, -0.05) is 21.6 Å². The quantitative estimate of drug-likeness (QED) is 0.0150.